The molecule has 0 bridgehead atoms. The highest BCUT2D eigenvalue weighted by Crippen LogP contribution is 2.24. The molecule has 2 atom stereocenters. The zero-order valence-electron chi connectivity index (χ0n) is 12.3. The lowest BCUT2D eigenvalue weighted by Crippen LogP contribution is -2.53. The largest absolute Gasteiger partial charge is 0.439 e. The van der Waals surface area contributed by atoms with Crippen molar-refractivity contribution in [2.75, 3.05) is 13.1 Å². The van der Waals surface area contributed by atoms with Crippen LogP contribution in [-0.2, 0) is 6.54 Å². The van der Waals surface area contributed by atoms with Crippen LogP contribution in [0.3, 0.4) is 0 Å². The summed E-state index contributed by atoms with van der Waals surface area (Å²) in [5.41, 5.74) is 0.961. The van der Waals surface area contributed by atoms with Gasteiger partial charge in [0.15, 0.2) is 5.76 Å². The van der Waals surface area contributed by atoms with E-state index in [1.807, 2.05) is 24.3 Å². The molecule has 1 aliphatic heterocycles. The van der Waals surface area contributed by atoms with Gasteiger partial charge < -0.3 is 9.73 Å². The van der Waals surface area contributed by atoms with Gasteiger partial charge in [-0.3, -0.25) is 4.90 Å². The number of hydrogen-bond acceptors (Lipinski definition) is 4. The first-order valence-corrected chi connectivity index (χ1v) is 7.67. The third kappa shape index (κ3) is 3.46. The fraction of sp³-hybridized carbons (Fsp3) is 0.438. The van der Waals surface area contributed by atoms with Crippen LogP contribution in [0.4, 0.5) is 0 Å². The normalized spacial score (nSPS) is 23.4. The van der Waals surface area contributed by atoms with Gasteiger partial charge in [0.2, 0.25) is 5.89 Å². The summed E-state index contributed by atoms with van der Waals surface area (Å²) in [5, 5.41) is 4.18. The second-order valence-corrected chi connectivity index (χ2v) is 6.15. The van der Waals surface area contributed by atoms with Gasteiger partial charge in [-0.2, -0.15) is 0 Å². The molecule has 1 aromatic heterocycles. The smallest absolute Gasteiger partial charge is 0.209 e. The minimum absolute atomic E-state index is 0.489. The predicted octanol–water partition coefficient (Wildman–Crippen LogP) is 3.18. The van der Waals surface area contributed by atoms with Gasteiger partial charge >= 0.3 is 0 Å². The highest BCUT2D eigenvalue weighted by molar-refractivity contribution is 6.30. The highest BCUT2D eigenvalue weighted by atomic mass is 35.5. The Bertz CT molecular complexity index is 613. The van der Waals surface area contributed by atoms with Crippen molar-refractivity contribution in [3.05, 3.63) is 41.4 Å². The summed E-state index contributed by atoms with van der Waals surface area (Å²) in [6.07, 6.45) is 1.78. The van der Waals surface area contributed by atoms with Gasteiger partial charge in [0.25, 0.3) is 0 Å². The molecule has 4 nitrogen and oxygen atoms in total. The zero-order chi connectivity index (χ0) is 14.8. The Morgan fingerprint density at radius 1 is 1.43 bits per heavy atom. The molecule has 0 saturated carbocycles. The number of piperazine rings is 1. The summed E-state index contributed by atoms with van der Waals surface area (Å²) in [4.78, 5) is 6.80. The number of benzene rings is 1. The first-order chi connectivity index (χ1) is 10.1. The standard InChI is InChI=1S/C16H20ClN3O/c1-11-9-20(12(2)7-18-11)10-16-19-8-15(21-16)13-4-3-5-14(17)6-13/h3-6,8,11-12,18H,7,9-10H2,1-2H3. The van der Waals surface area contributed by atoms with Gasteiger partial charge in [-0.1, -0.05) is 23.7 Å². The van der Waals surface area contributed by atoms with Crippen molar-refractivity contribution in [3.8, 4) is 11.3 Å². The van der Waals surface area contributed by atoms with Crippen molar-refractivity contribution in [3.63, 3.8) is 0 Å². The van der Waals surface area contributed by atoms with Crippen LogP contribution >= 0.6 is 11.6 Å². The zero-order valence-corrected chi connectivity index (χ0v) is 13.1. The SMILES string of the molecule is CC1CN(Cc2ncc(-c3cccc(Cl)c3)o2)C(C)CN1. The number of hydrogen-bond donors (Lipinski definition) is 1. The maximum atomic E-state index is 6.02. The van der Waals surface area contributed by atoms with E-state index in [0.29, 0.717) is 17.1 Å². The molecule has 1 aromatic carbocycles. The number of halogens is 1. The number of aromatic nitrogens is 1. The van der Waals surface area contributed by atoms with Crippen LogP contribution in [0.5, 0.6) is 0 Å². The molecule has 1 N–H and O–H groups in total. The summed E-state index contributed by atoms with van der Waals surface area (Å²) in [7, 11) is 0. The van der Waals surface area contributed by atoms with Gasteiger partial charge in [-0.25, -0.2) is 4.98 Å². The average molecular weight is 306 g/mol. The molecule has 1 saturated heterocycles. The summed E-state index contributed by atoms with van der Waals surface area (Å²) in [6.45, 7) is 7.18. The van der Waals surface area contributed by atoms with Crippen LogP contribution in [0.15, 0.2) is 34.9 Å². The second kappa shape index (κ2) is 6.18. The molecule has 0 amide bonds. The minimum Gasteiger partial charge on any atom is -0.439 e. The van der Waals surface area contributed by atoms with Gasteiger partial charge in [-0.05, 0) is 26.0 Å². The van der Waals surface area contributed by atoms with E-state index in [1.165, 1.54) is 0 Å². The molecule has 0 radical (unpaired) electrons. The molecule has 2 heterocycles. The Labute approximate surface area is 130 Å². The number of rotatable bonds is 3. The lowest BCUT2D eigenvalue weighted by Gasteiger charge is -2.36. The maximum absolute atomic E-state index is 6.02. The molecule has 2 unspecified atom stereocenters. The molecule has 2 aromatic rings. The fourth-order valence-corrected chi connectivity index (χ4v) is 2.84. The van der Waals surface area contributed by atoms with Crippen LogP contribution in [-0.4, -0.2) is 35.1 Å². The van der Waals surface area contributed by atoms with Crippen molar-refractivity contribution in [2.24, 2.45) is 0 Å². The quantitative estimate of drug-likeness (QED) is 0.945. The summed E-state index contributed by atoms with van der Waals surface area (Å²) in [5.74, 6) is 1.52. The lowest BCUT2D eigenvalue weighted by molar-refractivity contribution is 0.127. The molecule has 21 heavy (non-hydrogen) atoms. The number of nitrogens with zero attached hydrogens (tertiary/aromatic N) is 2. The van der Waals surface area contributed by atoms with E-state index in [1.54, 1.807) is 6.20 Å². The maximum Gasteiger partial charge on any atom is 0.209 e. The molecule has 0 spiro atoms. The van der Waals surface area contributed by atoms with E-state index in [0.717, 1.165) is 36.8 Å². The molecular weight excluding hydrogens is 286 g/mol. The summed E-state index contributed by atoms with van der Waals surface area (Å²) >= 11 is 6.02. The van der Waals surface area contributed by atoms with Crippen molar-refractivity contribution in [1.29, 1.82) is 0 Å². The van der Waals surface area contributed by atoms with Crippen LogP contribution in [0.1, 0.15) is 19.7 Å². The predicted molar refractivity (Wildman–Crippen MR) is 84.3 cm³/mol. The molecule has 3 rings (SSSR count). The minimum atomic E-state index is 0.489. The Kier molecular flexibility index (Phi) is 4.29. The van der Waals surface area contributed by atoms with E-state index < -0.39 is 0 Å². The van der Waals surface area contributed by atoms with Crippen molar-refractivity contribution in [1.82, 2.24) is 15.2 Å². The third-order valence-corrected chi connectivity index (χ3v) is 4.13. The van der Waals surface area contributed by atoms with Gasteiger partial charge in [0.05, 0.1) is 12.7 Å². The molecule has 5 heteroatoms. The average Bonchev–Trinajstić information content (AvgIpc) is 2.91. The Balaban J connectivity index is 1.73. The van der Waals surface area contributed by atoms with Gasteiger partial charge in [0.1, 0.15) is 0 Å². The molecule has 0 aliphatic carbocycles. The van der Waals surface area contributed by atoms with Crippen molar-refractivity contribution in [2.45, 2.75) is 32.5 Å². The van der Waals surface area contributed by atoms with E-state index in [2.05, 4.69) is 29.0 Å². The van der Waals surface area contributed by atoms with E-state index >= 15 is 0 Å². The van der Waals surface area contributed by atoms with Crippen LogP contribution < -0.4 is 5.32 Å². The Hall–Kier alpha value is -1.36. The van der Waals surface area contributed by atoms with Crippen LogP contribution in [0.25, 0.3) is 11.3 Å². The second-order valence-electron chi connectivity index (χ2n) is 5.72. The Morgan fingerprint density at radius 2 is 2.29 bits per heavy atom. The molecule has 1 fully saturated rings. The number of nitrogens with one attached hydrogen (secondary N) is 1. The first kappa shape index (κ1) is 14.6. The van der Waals surface area contributed by atoms with Crippen molar-refractivity contribution < 1.29 is 4.42 Å². The monoisotopic (exact) mass is 305 g/mol. The molecule has 112 valence electrons. The topological polar surface area (TPSA) is 41.3 Å². The highest BCUT2D eigenvalue weighted by Gasteiger charge is 2.23. The lowest BCUT2D eigenvalue weighted by atomic mass is 10.1. The first-order valence-electron chi connectivity index (χ1n) is 7.30. The van der Waals surface area contributed by atoms with Crippen LogP contribution in [0, 0.1) is 0 Å². The summed E-state index contributed by atoms with van der Waals surface area (Å²) < 4.78 is 5.88. The fourth-order valence-electron chi connectivity index (χ4n) is 2.65. The molecule has 1 aliphatic rings. The third-order valence-electron chi connectivity index (χ3n) is 3.89. The van der Waals surface area contributed by atoms with E-state index in [4.69, 9.17) is 16.0 Å². The number of oxazole rings is 1. The van der Waals surface area contributed by atoms with E-state index in [9.17, 15) is 0 Å². The van der Waals surface area contributed by atoms with Crippen LogP contribution in [0.2, 0.25) is 5.02 Å². The summed E-state index contributed by atoms with van der Waals surface area (Å²) in [6, 6.07) is 8.63. The Morgan fingerprint density at radius 3 is 3.10 bits per heavy atom. The molecular formula is C16H20ClN3O. The van der Waals surface area contributed by atoms with Crippen molar-refractivity contribution >= 4 is 11.6 Å². The van der Waals surface area contributed by atoms with Gasteiger partial charge in [-0.15, -0.1) is 0 Å². The van der Waals surface area contributed by atoms with E-state index in [-0.39, 0.29) is 0 Å². The van der Waals surface area contributed by atoms with Gasteiger partial charge in [0, 0.05) is 35.8 Å².